The molecular weight excluding hydrogens is 343 g/mol. The minimum Gasteiger partial charge on any atom is -0.463 e. The van der Waals surface area contributed by atoms with Gasteiger partial charge in [0.2, 0.25) is 0 Å². The van der Waals surface area contributed by atoms with E-state index in [1.54, 1.807) is 18.4 Å². The van der Waals surface area contributed by atoms with Gasteiger partial charge in [-0.3, -0.25) is 4.79 Å². The van der Waals surface area contributed by atoms with Crippen LogP contribution in [0.4, 0.5) is 5.69 Å². The molecule has 0 radical (unpaired) electrons. The van der Waals surface area contributed by atoms with Crippen molar-refractivity contribution in [3.05, 3.63) is 51.9 Å². The lowest BCUT2D eigenvalue weighted by atomic mass is 10.3. The van der Waals surface area contributed by atoms with Crippen molar-refractivity contribution in [1.29, 1.82) is 0 Å². The molecule has 5 heteroatoms. The van der Waals surface area contributed by atoms with Crippen LogP contribution in [-0.2, 0) is 0 Å². The van der Waals surface area contributed by atoms with Crippen LogP contribution in [0.2, 0.25) is 0 Å². The number of aromatic amines is 1. The molecule has 90 valence electrons. The summed E-state index contributed by atoms with van der Waals surface area (Å²) in [4.78, 5) is 15.0. The van der Waals surface area contributed by atoms with Crippen LogP contribution in [0.25, 0.3) is 11.1 Å². The van der Waals surface area contributed by atoms with Crippen LogP contribution < -0.4 is 5.32 Å². The maximum absolute atomic E-state index is 12.0. The molecular formula is C13H9IN2O2. The first-order chi connectivity index (χ1) is 8.72. The summed E-state index contributed by atoms with van der Waals surface area (Å²) in [5.41, 5.74) is 2.76. The zero-order chi connectivity index (χ0) is 12.5. The number of aromatic nitrogens is 1. The van der Waals surface area contributed by atoms with Gasteiger partial charge in [0, 0.05) is 21.4 Å². The van der Waals surface area contributed by atoms with Gasteiger partial charge >= 0.3 is 0 Å². The molecule has 0 spiro atoms. The number of carbonyl (C=O) groups excluding carboxylic acids is 1. The molecule has 0 fully saturated rings. The van der Waals surface area contributed by atoms with Crippen LogP contribution in [0.15, 0.2) is 47.1 Å². The van der Waals surface area contributed by atoms with Gasteiger partial charge in [0.25, 0.3) is 5.91 Å². The first-order valence-electron chi connectivity index (χ1n) is 5.35. The maximum atomic E-state index is 12.0. The lowest BCUT2D eigenvalue weighted by Crippen LogP contribution is -2.12. The summed E-state index contributed by atoms with van der Waals surface area (Å²) in [5, 5.41) is 2.82. The highest BCUT2D eigenvalue weighted by Crippen LogP contribution is 2.17. The fourth-order valence-electron chi connectivity index (χ4n) is 1.70. The quantitative estimate of drug-likeness (QED) is 0.693. The molecule has 0 saturated heterocycles. The number of H-pyrrole nitrogens is 1. The largest absolute Gasteiger partial charge is 0.463 e. The van der Waals surface area contributed by atoms with Crippen LogP contribution in [-0.4, -0.2) is 10.9 Å². The summed E-state index contributed by atoms with van der Waals surface area (Å²) in [6, 6.07) is 11.1. The van der Waals surface area contributed by atoms with E-state index in [-0.39, 0.29) is 5.91 Å². The predicted molar refractivity (Wildman–Crippen MR) is 77.7 cm³/mol. The SMILES string of the molecule is O=C(Nc1ccc(I)cc1)c1cc2occc2[nH]1. The molecule has 2 N–H and O–H groups in total. The third-order valence-electron chi connectivity index (χ3n) is 2.59. The molecule has 0 atom stereocenters. The number of benzene rings is 1. The predicted octanol–water partition coefficient (Wildman–Crippen LogP) is 3.62. The van der Waals surface area contributed by atoms with Gasteiger partial charge in [0.15, 0.2) is 5.58 Å². The third-order valence-corrected chi connectivity index (χ3v) is 3.31. The van der Waals surface area contributed by atoms with E-state index in [2.05, 4.69) is 32.9 Å². The highest BCUT2D eigenvalue weighted by Gasteiger charge is 2.11. The molecule has 0 bridgehead atoms. The van der Waals surface area contributed by atoms with Gasteiger partial charge in [-0.05, 0) is 46.9 Å². The number of rotatable bonds is 2. The summed E-state index contributed by atoms with van der Waals surface area (Å²) in [6.45, 7) is 0. The molecule has 4 nitrogen and oxygen atoms in total. The first-order valence-corrected chi connectivity index (χ1v) is 6.43. The summed E-state index contributed by atoms with van der Waals surface area (Å²) >= 11 is 2.22. The third kappa shape index (κ3) is 2.13. The number of halogens is 1. The highest BCUT2D eigenvalue weighted by molar-refractivity contribution is 14.1. The van der Waals surface area contributed by atoms with Gasteiger partial charge in [-0.25, -0.2) is 0 Å². The van der Waals surface area contributed by atoms with Gasteiger partial charge in [-0.1, -0.05) is 0 Å². The fraction of sp³-hybridized carbons (Fsp3) is 0. The Balaban J connectivity index is 1.82. The Morgan fingerprint density at radius 1 is 1.22 bits per heavy atom. The van der Waals surface area contributed by atoms with Crippen molar-refractivity contribution in [1.82, 2.24) is 4.98 Å². The smallest absolute Gasteiger partial charge is 0.272 e. The Kier molecular flexibility index (Phi) is 2.83. The average molecular weight is 352 g/mol. The molecule has 0 saturated carbocycles. The molecule has 1 amide bonds. The van der Waals surface area contributed by atoms with E-state index in [4.69, 9.17) is 4.42 Å². The van der Waals surface area contributed by atoms with Crippen LogP contribution in [0.1, 0.15) is 10.5 Å². The molecule has 0 aliphatic rings. The summed E-state index contributed by atoms with van der Waals surface area (Å²) in [5.74, 6) is -0.178. The molecule has 2 heterocycles. The van der Waals surface area contributed by atoms with Gasteiger partial charge < -0.3 is 14.7 Å². The number of carbonyl (C=O) groups is 1. The molecule has 0 aliphatic heterocycles. The monoisotopic (exact) mass is 352 g/mol. The Morgan fingerprint density at radius 3 is 2.72 bits per heavy atom. The van der Waals surface area contributed by atoms with Crippen molar-refractivity contribution in [2.75, 3.05) is 5.32 Å². The zero-order valence-electron chi connectivity index (χ0n) is 9.24. The highest BCUT2D eigenvalue weighted by atomic mass is 127. The van der Waals surface area contributed by atoms with Crippen molar-refractivity contribution in [2.24, 2.45) is 0 Å². The minimum absolute atomic E-state index is 0.178. The van der Waals surface area contributed by atoms with Crippen molar-refractivity contribution in [3.8, 4) is 0 Å². The van der Waals surface area contributed by atoms with Crippen LogP contribution >= 0.6 is 22.6 Å². The van der Waals surface area contributed by atoms with E-state index in [0.717, 1.165) is 14.8 Å². The van der Waals surface area contributed by atoms with Crippen LogP contribution in [0, 0.1) is 3.57 Å². The van der Waals surface area contributed by atoms with E-state index < -0.39 is 0 Å². The standard InChI is InChI=1S/C13H9IN2O2/c14-8-1-3-9(4-2-8)15-13(17)11-7-12-10(16-11)5-6-18-12/h1-7,16H,(H,15,17). The van der Waals surface area contributed by atoms with Gasteiger partial charge in [0.1, 0.15) is 5.69 Å². The summed E-state index contributed by atoms with van der Waals surface area (Å²) < 4.78 is 6.33. The zero-order valence-corrected chi connectivity index (χ0v) is 11.4. The lowest BCUT2D eigenvalue weighted by Gasteiger charge is -2.03. The number of fused-ring (bicyclic) bond motifs is 1. The second-order valence-corrected chi connectivity index (χ2v) is 5.09. The topological polar surface area (TPSA) is 58.0 Å². The van der Waals surface area contributed by atoms with E-state index >= 15 is 0 Å². The summed E-state index contributed by atoms with van der Waals surface area (Å²) in [7, 11) is 0. The van der Waals surface area contributed by atoms with Crippen molar-refractivity contribution in [3.63, 3.8) is 0 Å². The van der Waals surface area contributed by atoms with Crippen LogP contribution in [0.3, 0.4) is 0 Å². The molecule has 3 rings (SSSR count). The van der Waals surface area contributed by atoms with Crippen molar-refractivity contribution >= 4 is 45.3 Å². The van der Waals surface area contributed by atoms with Crippen molar-refractivity contribution in [2.45, 2.75) is 0 Å². The minimum atomic E-state index is -0.178. The van der Waals surface area contributed by atoms with E-state index in [1.807, 2.05) is 24.3 Å². The fourth-order valence-corrected chi connectivity index (χ4v) is 2.06. The van der Waals surface area contributed by atoms with E-state index in [9.17, 15) is 4.79 Å². The second-order valence-electron chi connectivity index (χ2n) is 3.84. The Bertz CT molecular complexity index is 669. The van der Waals surface area contributed by atoms with E-state index in [0.29, 0.717) is 11.3 Å². The Morgan fingerprint density at radius 2 is 2.00 bits per heavy atom. The van der Waals surface area contributed by atoms with Crippen LogP contribution in [0.5, 0.6) is 0 Å². The van der Waals surface area contributed by atoms with Gasteiger partial charge in [-0.2, -0.15) is 0 Å². The van der Waals surface area contributed by atoms with Gasteiger partial charge in [0.05, 0.1) is 11.8 Å². The maximum Gasteiger partial charge on any atom is 0.272 e. The van der Waals surface area contributed by atoms with Crippen molar-refractivity contribution < 1.29 is 9.21 Å². The number of nitrogens with one attached hydrogen (secondary N) is 2. The second kappa shape index (κ2) is 4.49. The molecule has 3 aromatic rings. The lowest BCUT2D eigenvalue weighted by molar-refractivity contribution is 0.102. The average Bonchev–Trinajstić information content (AvgIpc) is 2.92. The number of amides is 1. The Hall–Kier alpha value is -1.76. The first kappa shape index (κ1) is 11.3. The number of hydrogen-bond acceptors (Lipinski definition) is 2. The molecule has 0 unspecified atom stereocenters. The molecule has 1 aromatic carbocycles. The molecule has 18 heavy (non-hydrogen) atoms. The van der Waals surface area contributed by atoms with Gasteiger partial charge in [-0.15, -0.1) is 0 Å². The Labute approximate surface area is 117 Å². The summed E-state index contributed by atoms with van der Waals surface area (Å²) in [6.07, 6.45) is 1.59. The number of anilines is 1. The van der Waals surface area contributed by atoms with E-state index in [1.165, 1.54) is 0 Å². The normalized spacial score (nSPS) is 10.7. The molecule has 0 aliphatic carbocycles. The molecule has 2 aromatic heterocycles. The number of furan rings is 1. The number of hydrogen-bond donors (Lipinski definition) is 2.